The average molecular weight is 451 g/mol. The Morgan fingerprint density at radius 3 is 2.32 bits per heavy atom. The molecule has 2 aromatic rings. The first-order valence-electron chi connectivity index (χ1n) is 9.50. The van der Waals surface area contributed by atoms with E-state index in [2.05, 4.69) is 5.32 Å². The molecule has 31 heavy (non-hydrogen) atoms. The number of rotatable bonds is 10. The Morgan fingerprint density at radius 1 is 1.10 bits per heavy atom. The first-order chi connectivity index (χ1) is 14.8. The Morgan fingerprint density at radius 2 is 1.74 bits per heavy atom. The van der Waals surface area contributed by atoms with Gasteiger partial charge in [-0.15, -0.1) is 0 Å². The van der Waals surface area contributed by atoms with Crippen molar-refractivity contribution in [3.8, 4) is 0 Å². The zero-order valence-corrected chi connectivity index (χ0v) is 18.1. The van der Waals surface area contributed by atoms with Crippen LogP contribution in [-0.4, -0.2) is 49.5 Å². The molecule has 6 nitrogen and oxygen atoms in total. The number of esters is 1. The largest absolute Gasteiger partial charge is 0.468 e. The second-order valence-corrected chi connectivity index (χ2v) is 7.68. The van der Waals surface area contributed by atoms with E-state index >= 15 is 0 Å². The number of hydrogen-bond donors (Lipinski definition) is 1. The van der Waals surface area contributed by atoms with E-state index in [1.165, 1.54) is 23.8 Å². The number of ether oxygens (including phenoxy) is 1. The van der Waals surface area contributed by atoms with E-state index in [4.69, 9.17) is 4.74 Å². The highest BCUT2D eigenvalue weighted by Gasteiger charge is 2.28. The van der Waals surface area contributed by atoms with E-state index in [9.17, 15) is 23.2 Å². The van der Waals surface area contributed by atoms with Gasteiger partial charge < -0.3 is 10.1 Å². The van der Waals surface area contributed by atoms with Gasteiger partial charge in [0.1, 0.15) is 24.2 Å². The molecule has 2 amide bonds. The van der Waals surface area contributed by atoms with Crippen molar-refractivity contribution in [2.75, 3.05) is 30.6 Å². The molecule has 0 spiro atoms. The summed E-state index contributed by atoms with van der Waals surface area (Å²) in [4.78, 5) is 38.9. The van der Waals surface area contributed by atoms with E-state index in [1.807, 2.05) is 6.26 Å². The van der Waals surface area contributed by atoms with Crippen molar-refractivity contribution in [1.82, 2.24) is 5.32 Å². The predicted molar refractivity (Wildman–Crippen MR) is 116 cm³/mol. The molecule has 0 aliphatic heterocycles. The van der Waals surface area contributed by atoms with Crippen LogP contribution in [-0.2, 0) is 25.5 Å². The smallest absolute Gasteiger partial charge is 0.325 e. The first kappa shape index (κ1) is 24.3. The number of methoxy groups -OCH3 is 1. The zero-order valence-electron chi connectivity index (χ0n) is 17.3. The van der Waals surface area contributed by atoms with Gasteiger partial charge in [0, 0.05) is 11.8 Å². The van der Waals surface area contributed by atoms with Gasteiger partial charge in [0.25, 0.3) is 0 Å². The highest BCUT2D eigenvalue weighted by Crippen LogP contribution is 2.17. The van der Waals surface area contributed by atoms with Crippen LogP contribution in [0.25, 0.3) is 0 Å². The molecule has 0 unspecified atom stereocenters. The minimum Gasteiger partial charge on any atom is -0.468 e. The van der Waals surface area contributed by atoms with Gasteiger partial charge >= 0.3 is 5.97 Å². The highest BCUT2D eigenvalue weighted by atomic mass is 32.2. The predicted octanol–water partition coefficient (Wildman–Crippen LogP) is 2.95. The van der Waals surface area contributed by atoms with Gasteiger partial charge in [0.15, 0.2) is 0 Å². The van der Waals surface area contributed by atoms with Crippen LogP contribution in [0, 0.1) is 11.6 Å². The summed E-state index contributed by atoms with van der Waals surface area (Å²) in [6.45, 7) is -0.319. The molecule has 0 aromatic heterocycles. The molecule has 0 aliphatic carbocycles. The summed E-state index contributed by atoms with van der Waals surface area (Å²) in [5.74, 6) is -2.65. The van der Waals surface area contributed by atoms with Crippen molar-refractivity contribution in [3.63, 3.8) is 0 Å². The molecular formula is C22H24F2N2O4S. The summed E-state index contributed by atoms with van der Waals surface area (Å²) in [6.07, 6.45) is 1.89. The maximum atomic E-state index is 13.4. The third-order valence-corrected chi connectivity index (χ3v) is 5.02. The number of amides is 2. The van der Waals surface area contributed by atoms with Crippen LogP contribution in [0.3, 0.4) is 0 Å². The van der Waals surface area contributed by atoms with Crippen molar-refractivity contribution in [2.24, 2.45) is 0 Å². The lowest BCUT2D eigenvalue weighted by molar-refractivity contribution is -0.140. The molecule has 2 rings (SSSR count). The fourth-order valence-electron chi connectivity index (χ4n) is 2.92. The van der Waals surface area contributed by atoms with E-state index in [0.29, 0.717) is 17.9 Å². The molecule has 166 valence electrons. The Labute approximate surface area is 183 Å². The van der Waals surface area contributed by atoms with Gasteiger partial charge in [0.05, 0.1) is 13.5 Å². The van der Waals surface area contributed by atoms with Crippen molar-refractivity contribution in [3.05, 3.63) is 65.7 Å². The van der Waals surface area contributed by atoms with Crippen LogP contribution in [0.5, 0.6) is 0 Å². The number of thioether (sulfide) groups is 1. The van der Waals surface area contributed by atoms with Crippen LogP contribution in [0.4, 0.5) is 14.5 Å². The molecule has 2 aromatic carbocycles. The maximum absolute atomic E-state index is 13.4. The summed E-state index contributed by atoms with van der Waals surface area (Å²) in [5, 5.41) is 2.64. The Bertz CT molecular complexity index is 891. The Kier molecular flexibility index (Phi) is 9.45. The van der Waals surface area contributed by atoms with Crippen LogP contribution < -0.4 is 10.2 Å². The van der Waals surface area contributed by atoms with Gasteiger partial charge in [0.2, 0.25) is 11.8 Å². The van der Waals surface area contributed by atoms with Crippen molar-refractivity contribution < 1.29 is 27.9 Å². The fourth-order valence-corrected chi connectivity index (χ4v) is 3.39. The number of anilines is 1. The Balaban J connectivity index is 2.21. The van der Waals surface area contributed by atoms with Crippen LogP contribution in [0.15, 0.2) is 48.5 Å². The molecule has 0 saturated heterocycles. The molecule has 0 aliphatic rings. The molecule has 0 bridgehead atoms. The molecule has 0 fully saturated rings. The number of nitrogens with one attached hydrogen (secondary N) is 1. The van der Waals surface area contributed by atoms with Crippen molar-refractivity contribution >= 4 is 35.2 Å². The van der Waals surface area contributed by atoms with Gasteiger partial charge in [-0.3, -0.25) is 19.3 Å². The quantitative estimate of drug-likeness (QED) is 0.564. The second-order valence-electron chi connectivity index (χ2n) is 6.69. The van der Waals surface area contributed by atoms with E-state index in [0.717, 1.165) is 18.2 Å². The van der Waals surface area contributed by atoms with Crippen LogP contribution in [0.1, 0.15) is 12.0 Å². The molecule has 1 atom stereocenters. The number of carbonyl (C=O) groups is 3. The number of para-hydroxylation sites is 1. The third-order valence-electron chi connectivity index (χ3n) is 4.38. The SMILES string of the molecule is COC(=O)CN(C(=O)[C@H](CCSC)NC(=O)Cc1cc(F)cc(F)c1)c1ccccc1. The second kappa shape index (κ2) is 12.0. The monoisotopic (exact) mass is 450 g/mol. The fraction of sp³-hybridized carbons (Fsp3) is 0.318. The zero-order chi connectivity index (χ0) is 22.8. The lowest BCUT2D eigenvalue weighted by Crippen LogP contribution is -2.51. The number of carbonyl (C=O) groups excluding carboxylic acids is 3. The number of halogens is 2. The summed E-state index contributed by atoms with van der Waals surface area (Å²) in [7, 11) is 1.22. The average Bonchev–Trinajstić information content (AvgIpc) is 2.74. The molecule has 0 heterocycles. The highest BCUT2D eigenvalue weighted by molar-refractivity contribution is 7.98. The van der Waals surface area contributed by atoms with E-state index in [-0.39, 0.29) is 18.5 Å². The van der Waals surface area contributed by atoms with Gasteiger partial charge in [-0.2, -0.15) is 11.8 Å². The maximum Gasteiger partial charge on any atom is 0.325 e. The standard InChI is InChI=1S/C22H24F2N2O4S/c1-30-21(28)14-26(18-6-4-3-5-7-18)22(29)19(8-9-31-2)25-20(27)12-15-10-16(23)13-17(24)11-15/h3-7,10-11,13,19H,8-9,12,14H2,1-2H3,(H,25,27)/t19-/m0/s1. The lowest BCUT2D eigenvalue weighted by Gasteiger charge is -2.27. The number of hydrogen-bond acceptors (Lipinski definition) is 5. The summed E-state index contributed by atoms with van der Waals surface area (Å²) in [5.41, 5.74) is 0.633. The minimum absolute atomic E-state index is 0.153. The summed E-state index contributed by atoms with van der Waals surface area (Å²) >= 11 is 1.50. The van der Waals surface area contributed by atoms with E-state index in [1.54, 1.807) is 30.3 Å². The van der Waals surface area contributed by atoms with Gasteiger partial charge in [-0.05, 0) is 48.3 Å². The normalized spacial score (nSPS) is 11.5. The summed E-state index contributed by atoms with van der Waals surface area (Å²) in [6, 6.07) is 10.5. The summed E-state index contributed by atoms with van der Waals surface area (Å²) < 4.78 is 31.5. The van der Waals surface area contributed by atoms with Crippen LogP contribution >= 0.6 is 11.8 Å². The molecule has 0 radical (unpaired) electrons. The van der Waals surface area contributed by atoms with Crippen LogP contribution in [0.2, 0.25) is 0 Å². The molecular weight excluding hydrogens is 426 g/mol. The molecule has 9 heteroatoms. The minimum atomic E-state index is -0.928. The third kappa shape index (κ3) is 7.67. The topological polar surface area (TPSA) is 75.7 Å². The van der Waals surface area contributed by atoms with Gasteiger partial charge in [-0.25, -0.2) is 8.78 Å². The number of nitrogens with zero attached hydrogens (tertiary/aromatic N) is 1. The molecule has 1 N–H and O–H groups in total. The van der Waals surface area contributed by atoms with Gasteiger partial charge in [-0.1, -0.05) is 18.2 Å². The lowest BCUT2D eigenvalue weighted by atomic mass is 10.1. The van der Waals surface area contributed by atoms with E-state index < -0.39 is 35.5 Å². The number of benzene rings is 2. The van der Waals surface area contributed by atoms with Crippen molar-refractivity contribution in [1.29, 1.82) is 0 Å². The Hall–Kier alpha value is -2.94. The first-order valence-corrected chi connectivity index (χ1v) is 10.9. The van der Waals surface area contributed by atoms with Crippen molar-refractivity contribution in [2.45, 2.75) is 18.9 Å². The molecule has 0 saturated carbocycles.